The Hall–Kier alpha value is -1.06. The molecule has 1 aliphatic rings. The van der Waals surface area contributed by atoms with Crippen LogP contribution in [0.4, 0.5) is 5.69 Å². The van der Waals surface area contributed by atoms with Gasteiger partial charge in [-0.2, -0.15) is 0 Å². The minimum Gasteiger partial charge on any atom is -0.325 e. The van der Waals surface area contributed by atoms with Crippen molar-refractivity contribution in [1.82, 2.24) is 5.32 Å². The van der Waals surface area contributed by atoms with E-state index in [1.807, 2.05) is 38.1 Å². The molecule has 1 aliphatic heterocycles. The molecule has 3 nitrogen and oxygen atoms in total. The Morgan fingerprint density at radius 1 is 1.39 bits per heavy atom. The van der Waals surface area contributed by atoms with Gasteiger partial charge in [-0.25, -0.2) is 0 Å². The van der Waals surface area contributed by atoms with Crippen molar-refractivity contribution in [3.63, 3.8) is 0 Å². The van der Waals surface area contributed by atoms with E-state index in [0.29, 0.717) is 0 Å². The molecule has 0 radical (unpaired) electrons. The summed E-state index contributed by atoms with van der Waals surface area (Å²) in [6, 6.07) is 7.89. The fourth-order valence-corrected chi connectivity index (χ4v) is 2.24. The molecular formula is C14H21ClN2O. The highest BCUT2D eigenvalue weighted by Gasteiger charge is 2.34. The first-order valence-electron chi connectivity index (χ1n) is 6.20. The first-order valence-corrected chi connectivity index (χ1v) is 6.20. The molecule has 0 bridgehead atoms. The summed E-state index contributed by atoms with van der Waals surface area (Å²) in [4.78, 5) is 12.3. The van der Waals surface area contributed by atoms with Crippen LogP contribution in [0.3, 0.4) is 0 Å². The second-order valence-corrected chi connectivity index (χ2v) is 5.11. The van der Waals surface area contributed by atoms with Crippen molar-refractivity contribution in [2.75, 3.05) is 18.4 Å². The Labute approximate surface area is 115 Å². The summed E-state index contributed by atoms with van der Waals surface area (Å²) in [5.74, 6) is 0.124. The normalized spacial score (nSPS) is 23.0. The lowest BCUT2D eigenvalue weighted by molar-refractivity contribution is -0.125. The fourth-order valence-electron chi connectivity index (χ4n) is 2.24. The van der Waals surface area contributed by atoms with Gasteiger partial charge in [0.1, 0.15) is 0 Å². The SMILES string of the molecule is Cc1ccccc1NC(=O)C1(C)CCCNC1.Cl. The third kappa shape index (κ3) is 3.24. The molecule has 0 aliphatic carbocycles. The number of piperidine rings is 1. The molecule has 1 atom stereocenters. The summed E-state index contributed by atoms with van der Waals surface area (Å²) >= 11 is 0. The van der Waals surface area contributed by atoms with Gasteiger partial charge in [0.05, 0.1) is 5.41 Å². The Kier molecular flexibility index (Phi) is 5.17. The summed E-state index contributed by atoms with van der Waals surface area (Å²) in [7, 11) is 0. The van der Waals surface area contributed by atoms with Crippen LogP contribution in [0.25, 0.3) is 0 Å². The topological polar surface area (TPSA) is 41.1 Å². The van der Waals surface area contributed by atoms with Gasteiger partial charge in [0, 0.05) is 12.2 Å². The predicted molar refractivity (Wildman–Crippen MR) is 77.3 cm³/mol. The van der Waals surface area contributed by atoms with Gasteiger partial charge in [-0.3, -0.25) is 4.79 Å². The monoisotopic (exact) mass is 268 g/mol. The molecule has 4 heteroatoms. The van der Waals surface area contributed by atoms with Crippen molar-refractivity contribution in [2.45, 2.75) is 26.7 Å². The highest BCUT2D eigenvalue weighted by molar-refractivity contribution is 5.95. The van der Waals surface area contributed by atoms with Crippen molar-refractivity contribution in [3.05, 3.63) is 29.8 Å². The van der Waals surface area contributed by atoms with Crippen LogP contribution in [0.2, 0.25) is 0 Å². The molecule has 0 saturated carbocycles. The molecule has 100 valence electrons. The maximum Gasteiger partial charge on any atom is 0.231 e. The van der Waals surface area contributed by atoms with Crippen molar-refractivity contribution in [1.29, 1.82) is 0 Å². The summed E-state index contributed by atoms with van der Waals surface area (Å²) in [5.41, 5.74) is 1.75. The van der Waals surface area contributed by atoms with E-state index in [1.54, 1.807) is 0 Å². The van der Waals surface area contributed by atoms with E-state index in [0.717, 1.165) is 37.2 Å². The lowest BCUT2D eigenvalue weighted by atomic mass is 9.82. The lowest BCUT2D eigenvalue weighted by Gasteiger charge is -2.32. The van der Waals surface area contributed by atoms with E-state index < -0.39 is 0 Å². The number of halogens is 1. The van der Waals surface area contributed by atoms with Crippen LogP contribution in [-0.4, -0.2) is 19.0 Å². The second-order valence-electron chi connectivity index (χ2n) is 5.11. The first-order chi connectivity index (χ1) is 8.12. The number of hydrogen-bond acceptors (Lipinski definition) is 2. The van der Waals surface area contributed by atoms with Crippen molar-refractivity contribution in [2.24, 2.45) is 5.41 Å². The zero-order valence-corrected chi connectivity index (χ0v) is 11.8. The highest BCUT2D eigenvalue weighted by atomic mass is 35.5. The van der Waals surface area contributed by atoms with E-state index in [4.69, 9.17) is 0 Å². The zero-order valence-electron chi connectivity index (χ0n) is 11.0. The second kappa shape index (κ2) is 6.21. The van der Waals surface area contributed by atoms with Gasteiger partial charge in [-0.1, -0.05) is 18.2 Å². The third-order valence-corrected chi connectivity index (χ3v) is 3.54. The smallest absolute Gasteiger partial charge is 0.231 e. The minimum atomic E-state index is -0.277. The average Bonchev–Trinajstić information content (AvgIpc) is 2.33. The molecule has 0 aromatic heterocycles. The van der Waals surface area contributed by atoms with E-state index in [1.165, 1.54) is 0 Å². The highest BCUT2D eigenvalue weighted by Crippen LogP contribution is 2.27. The van der Waals surface area contributed by atoms with E-state index >= 15 is 0 Å². The van der Waals surface area contributed by atoms with Crippen LogP contribution >= 0.6 is 12.4 Å². The van der Waals surface area contributed by atoms with E-state index in [9.17, 15) is 4.79 Å². The van der Waals surface area contributed by atoms with Crippen molar-refractivity contribution in [3.8, 4) is 0 Å². The van der Waals surface area contributed by atoms with E-state index in [2.05, 4.69) is 10.6 Å². The fraction of sp³-hybridized carbons (Fsp3) is 0.500. The number of aryl methyl sites for hydroxylation is 1. The maximum absolute atomic E-state index is 12.3. The molecule has 1 fully saturated rings. The Balaban J connectivity index is 0.00000162. The summed E-state index contributed by atoms with van der Waals surface area (Å²) < 4.78 is 0. The van der Waals surface area contributed by atoms with Crippen molar-refractivity contribution >= 4 is 24.0 Å². The van der Waals surface area contributed by atoms with Gasteiger partial charge in [0.2, 0.25) is 5.91 Å². The number of para-hydroxylation sites is 1. The predicted octanol–water partition coefficient (Wildman–Crippen LogP) is 2.75. The van der Waals surface area contributed by atoms with Crippen LogP contribution in [0.15, 0.2) is 24.3 Å². The molecular weight excluding hydrogens is 248 g/mol. The molecule has 1 aromatic carbocycles. The average molecular weight is 269 g/mol. The molecule has 1 amide bonds. The first kappa shape index (κ1) is 15.0. The number of anilines is 1. The quantitative estimate of drug-likeness (QED) is 0.866. The van der Waals surface area contributed by atoms with Crippen LogP contribution in [-0.2, 0) is 4.79 Å². The molecule has 1 unspecified atom stereocenters. The number of carbonyl (C=O) groups excluding carboxylic acids is 1. The van der Waals surface area contributed by atoms with Gasteiger partial charge < -0.3 is 10.6 Å². The number of hydrogen-bond donors (Lipinski definition) is 2. The number of amides is 1. The number of rotatable bonds is 2. The number of benzene rings is 1. The molecule has 2 rings (SSSR count). The van der Waals surface area contributed by atoms with Gasteiger partial charge in [-0.05, 0) is 44.9 Å². The Morgan fingerprint density at radius 2 is 2.11 bits per heavy atom. The van der Waals surface area contributed by atoms with E-state index in [-0.39, 0.29) is 23.7 Å². The molecule has 1 saturated heterocycles. The summed E-state index contributed by atoms with van der Waals surface area (Å²) in [6.45, 7) is 5.84. The molecule has 1 heterocycles. The lowest BCUT2D eigenvalue weighted by Crippen LogP contribution is -2.46. The molecule has 1 aromatic rings. The Bertz CT molecular complexity index is 414. The van der Waals surface area contributed by atoms with Gasteiger partial charge in [0.15, 0.2) is 0 Å². The van der Waals surface area contributed by atoms with Crippen LogP contribution in [0.5, 0.6) is 0 Å². The zero-order chi connectivity index (χ0) is 12.3. The van der Waals surface area contributed by atoms with Crippen LogP contribution in [0, 0.1) is 12.3 Å². The standard InChI is InChI=1S/C14H20N2O.ClH/c1-11-6-3-4-7-12(11)16-13(17)14(2)8-5-9-15-10-14;/h3-4,6-7,15H,5,8-10H2,1-2H3,(H,16,17);1H. The molecule has 2 N–H and O–H groups in total. The third-order valence-electron chi connectivity index (χ3n) is 3.54. The summed E-state index contributed by atoms with van der Waals surface area (Å²) in [6.07, 6.45) is 2.02. The van der Waals surface area contributed by atoms with Gasteiger partial charge >= 0.3 is 0 Å². The molecule has 18 heavy (non-hydrogen) atoms. The van der Waals surface area contributed by atoms with Gasteiger partial charge in [0.25, 0.3) is 0 Å². The summed E-state index contributed by atoms with van der Waals surface area (Å²) in [5, 5.41) is 6.34. The number of nitrogens with one attached hydrogen (secondary N) is 2. The minimum absolute atomic E-state index is 0. The van der Waals surface area contributed by atoms with Gasteiger partial charge in [-0.15, -0.1) is 12.4 Å². The maximum atomic E-state index is 12.3. The van der Waals surface area contributed by atoms with Crippen LogP contribution < -0.4 is 10.6 Å². The number of carbonyl (C=O) groups is 1. The van der Waals surface area contributed by atoms with Crippen molar-refractivity contribution < 1.29 is 4.79 Å². The molecule has 0 spiro atoms. The Morgan fingerprint density at radius 3 is 2.72 bits per heavy atom. The largest absolute Gasteiger partial charge is 0.325 e. The van der Waals surface area contributed by atoms with Crippen LogP contribution in [0.1, 0.15) is 25.3 Å².